The average molecular weight is 376 g/mol. The SMILES string of the molecule is COc1ccc([C@H](CNC(=O)CCc2ccsc2)[NH+]2CCOCC2)cc1. The molecule has 1 fully saturated rings. The van der Waals surface area contributed by atoms with Crippen molar-refractivity contribution in [3.05, 3.63) is 52.2 Å². The van der Waals surface area contributed by atoms with Crippen molar-refractivity contribution in [3.63, 3.8) is 0 Å². The molecular formula is C20H27N2O3S+. The van der Waals surface area contributed by atoms with E-state index in [2.05, 4.69) is 34.3 Å². The van der Waals surface area contributed by atoms with Gasteiger partial charge in [0, 0.05) is 12.0 Å². The first-order chi connectivity index (χ1) is 12.8. The second kappa shape index (κ2) is 9.71. The summed E-state index contributed by atoms with van der Waals surface area (Å²) < 4.78 is 10.8. The van der Waals surface area contributed by atoms with Crippen molar-refractivity contribution in [1.29, 1.82) is 0 Å². The summed E-state index contributed by atoms with van der Waals surface area (Å²) in [6.45, 7) is 4.11. The van der Waals surface area contributed by atoms with Gasteiger partial charge < -0.3 is 19.7 Å². The van der Waals surface area contributed by atoms with Gasteiger partial charge in [-0.3, -0.25) is 4.79 Å². The van der Waals surface area contributed by atoms with Gasteiger partial charge in [0.05, 0.1) is 26.9 Å². The van der Waals surface area contributed by atoms with Gasteiger partial charge in [0.25, 0.3) is 0 Å². The molecule has 0 radical (unpaired) electrons. The molecule has 5 nitrogen and oxygen atoms in total. The summed E-state index contributed by atoms with van der Waals surface area (Å²) in [7, 11) is 1.67. The van der Waals surface area contributed by atoms with Gasteiger partial charge in [-0.25, -0.2) is 0 Å². The first kappa shape index (κ1) is 18.9. The van der Waals surface area contributed by atoms with Crippen LogP contribution in [0.15, 0.2) is 41.1 Å². The number of amides is 1. The molecule has 6 heteroatoms. The zero-order chi connectivity index (χ0) is 18.2. The van der Waals surface area contributed by atoms with Gasteiger partial charge in [0.1, 0.15) is 24.9 Å². The third-order valence-electron chi connectivity index (χ3n) is 4.87. The van der Waals surface area contributed by atoms with Crippen molar-refractivity contribution < 1.29 is 19.2 Å². The number of ether oxygens (including phenoxy) is 2. The van der Waals surface area contributed by atoms with Crippen LogP contribution >= 0.6 is 11.3 Å². The molecule has 140 valence electrons. The minimum absolute atomic E-state index is 0.113. The predicted molar refractivity (Wildman–Crippen MR) is 103 cm³/mol. The molecule has 26 heavy (non-hydrogen) atoms. The van der Waals surface area contributed by atoms with Crippen LogP contribution in [-0.4, -0.2) is 45.9 Å². The van der Waals surface area contributed by atoms with Crippen LogP contribution in [0.25, 0.3) is 0 Å². The molecule has 0 saturated carbocycles. The second-order valence-electron chi connectivity index (χ2n) is 6.53. The number of carbonyl (C=O) groups excluding carboxylic acids is 1. The molecule has 0 unspecified atom stereocenters. The lowest BCUT2D eigenvalue weighted by Crippen LogP contribution is -3.15. The topological polar surface area (TPSA) is 52.0 Å². The number of quaternary nitrogens is 1. The zero-order valence-electron chi connectivity index (χ0n) is 15.2. The maximum absolute atomic E-state index is 12.3. The van der Waals surface area contributed by atoms with Crippen LogP contribution in [0, 0.1) is 0 Å². The second-order valence-corrected chi connectivity index (χ2v) is 7.31. The van der Waals surface area contributed by atoms with Gasteiger partial charge in [0.2, 0.25) is 5.91 Å². The van der Waals surface area contributed by atoms with Crippen molar-refractivity contribution in [3.8, 4) is 5.75 Å². The van der Waals surface area contributed by atoms with Gasteiger partial charge in [-0.15, -0.1) is 0 Å². The quantitative estimate of drug-likeness (QED) is 0.735. The first-order valence-electron chi connectivity index (χ1n) is 9.10. The van der Waals surface area contributed by atoms with Crippen molar-refractivity contribution in [2.45, 2.75) is 18.9 Å². The molecular weight excluding hydrogens is 348 g/mol. The van der Waals surface area contributed by atoms with Gasteiger partial charge in [-0.1, -0.05) is 0 Å². The van der Waals surface area contributed by atoms with Gasteiger partial charge in [0.15, 0.2) is 0 Å². The Morgan fingerprint density at radius 1 is 1.27 bits per heavy atom. The minimum atomic E-state index is 0.113. The van der Waals surface area contributed by atoms with Crippen LogP contribution < -0.4 is 15.0 Å². The maximum Gasteiger partial charge on any atom is 0.220 e. The summed E-state index contributed by atoms with van der Waals surface area (Å²) in [4.78, 5) is 13.8. The third kappa shape index (κ3) is 5.30. The lowest BCUT2D eigenvalue weighted by Gasteiger charge is -2.32. The summed E-state index contributed by atoms with van der Waals surface area (Å²) >= 11 is 1.67. The number of morpholine rings is 1. The number of methoxy groups -OCH3 is 1. The van der Waals surface area contributed by atoms with Gasteiger partial charge >= 0.3 is 0 Å². The number of thiophene rings is 1. The highest BCUT2D eigenvalue weighted by atomic mass is 32.1. The van der Waals surface area contributed by atoms with E-state index in [1.165, 1.54) is 16.0 Å². The Balaban J connectivity index is 1.59. The van der Waals surface area contributed by atoms with Crippen LogP contribution in [0.1, 0.15) is 23.6 Å². The molecule has 0 aliphatic carbocycles. The van der Waals surface area contributed by atoms with Crippen LogP contribution in [0.3, 0.4) is 0 Å². The fourth-order valence-corrected chi connectivity index (χ4v) is 4.02. The first-order valence-corrected chi connectivity index (χ1v) is 10.0. The summed E-state index contributed by atoms with van der Waals surface area (Å²) in [5.74, 6) is 0.964. The number of benzene rings is 1. The molecule has 2 heterocycles. The lowest BCUT2D eigenvalue weighted by molar-refractivity contribution is -0.937. The highest BCUT2D eigenvalue weighted by molar-refractivity contribution is 7.07. The lowest BCUT2D eigenvalue weighted by atomic mass is 10.0. The van der Waals surface area contributed by atoms with Crippen molar-refractivity contribution >= 4 is 17.2 Å². The molecule has 1 aliphatic heterocycles. The van der Waals surface area contributed by atoms with Crippen molar-refractivity contribution in [2.24, 2.45) is 0 Å². The molecule has 0 spiro atoms. The fourth-order valence-electron chi connectivity index (χ4n) is 3.31. The number of carbonyl (C=O) groups is 1. The molecule has 1 saturated heterocycles. The summed E-state index contributed by atoms with van der Waals surface area (Å²) in [5, 5.41) is 7.29. The van der Waals surface area contributed by atoms with E-state index in [9.17, 15) is 4.79 Å². The van der Waals surface area contributed by atoms with E-state index >= 15 is 0 Å². The number of nitrogens with one attached hydrogen (secondary N) is 2. The largest absolute Gasteiger partial charge is 0.497 e. The fraction of sp³-hybridized carbons (Fsp3) is 0.450. The summed E-state index contributed by atoms with van der Waals surface area (Å²) in [6, 6.07) is 10.5. The molecule has 3 rings (SSSR count). The molecule has 1 atom stereocenters. The van der Waals surface area contributed by atoms with E-state index in [0.717, 1.165) is 38.5 Å². The Morgan fingerprint density at radius 3 is 2.69 bits per heavy atom. The van der Waals surface area contributed by atoms with E-state index in [-0.39, 0.29) is 11.9 Å². The molecule has 1 aromatic carbocycles. The maximum atomic E-state index is 12.3. The van der Waals surface area contributed by atoms with Crippen LogP contribution in [0.5, 0.6) is 5.75 Å². The van der Waals surface area contributed by atoms with Crippen LogP contribution in [0.4, 0.5) is 0 Å². The number of hydrogen-bond acceptors (Lipinski definition) is 4. The Hall–Kier alpha value is -1.89. The molecule has 1 aliphatic rings. The Labute approximate surface area is 158 Å². The highest BCUT2D eigenvalue weighted by Crippen LogP contribution is 2.16. The number of aryl methyl sites for hydroxylation is 1. The smallest absolute Gasteiger partial charge is 0.220 e. The van der Waals surface area contributed by atoms with E-state index < -0.39 is 0 Å². The molecule has 0 bridgehead atoms. The zero-order valence-corrected chi connectivity index (χ0v) is 16.0. The van der Waals surface area contributed by atoms with E-state index in [1.807, 2.05) is 12.1 Å². The Morgan fingerprint density at radius 2 is 2.04 bits per heavy atom. The van der Waals surface area contributed by atoms with Crippen LogP contribution in [-0.2, 0) is 16.0 Å². The Bertz CT molecular complexity index is 667. The number of hydrogen-bond donors (Lipinski definition) is 2. The monoisotopic (exact) mass is 375 g/mol. The molecule has 2 N–H and O–H groups in total. The van der Waals surface area contributed by atoms with E-state index in [4.69, 9.17) is 9.47 Å². The predicted octanol–water partition coefficient (Wildman–Crippen LogP) is 1.46. The van der Waals surface area contributed by atoms with Crippen LogP contribution in [0.2, 0.25) is 0 Å². The molecule has 1 aromatic heterocycles. The third-order valence-corrected chi connectivity index (χ3v) is 5.60. The highest BCUT2D eigenvalue weighted by Gasteiger charge is 2.26. The van der Waals surface area contributed by atoms with Gasteiger partial charge in [-0.2, -0.15) is 11.3 Å². The Kier molecular flexibility index (Phi) is 7.05. The summed E-state index contributed by atoms with van der Waals surface area (Å²) in [6.07, 6.45) is 1.33. The van der Waals surface area contributed by atoms with E-state index in [1.54, 1.807) is 18.4 Å². The number of rotatable bonds is 8. The van der Waals surface area contributed by atoms with Gasteiger partial charge in [-0.05, 0) is 53.1 Å². The normalized spacial score (nSPS) is 16.2. The molecule has 2 aromatic rings. The van der Waals surface area contributed by atoms with Crippen molar-refractivity contribution in [1.82, 2.24) is 5.32 Å². The van der Waals surface area contributed by atoms with Crippen molar-refractivity contribution in [2.75, 3.05) is 40.0 Å². The minimum Gasteiger partial charge on any atom is -0.497 e. The standard InChI is InChI=1S/C20H26N2O3S/c1-24-18-5-3-17(4-6-18)19(22-9-11-25-12-10-22)14-21-20(23)7-2-16-8-13-26-15-16/h3-6,8,13,15,19H,2,7,9-12,14H2,1H3,(H,21,23)/p+1/t19-/m0/s1. The van der Waals surface area contributed by atoms with E-state index in [0.29, 0.717) is 13.0 Å². The molecule has 1 amide bonds. The average Bonchev–Trinajstić information content (AvgIpc) is 3.21. The summed E-state index contributed by atoms with van der Waals surface area (Å²) in [5.41, 5.74) is 2.46.